The average molecular weight is 457 g/mol. The molecule has 0 saturated carbocycles. The smallest absolute Gasteiger partial charge is 0.258 e. The number of nitrogens with one attached hydrogen (secondary N) is 1. The van der Waals surface area contributed by atoms with Crippen molar-refractivity contribution >= 4 is 11.7 Å². The van der Waals surface area contributed by atoms with Gasteiger partial charge in [0, 0.05) is 17.0 Å². The third-order valence-electron chi connectivity index (χ3n) is 5.58. The number of hydrogen-bond donors (Lipinski definition) is 1. The molecule has 34 heavy (non-hydrogen) atoms. The lowest BCUT2D eigenvalue weighted by molar-refractivity contribution is -0.123. The van der Waals surface area contributed by atoms with Gasteiger partial charge < -0.3 is 14.6 Å². The van der Waals surface area contributed by atoms with Crippen LogP contribution in [0.4, 0.5) is 4.39 Å². The van der Waals surface area contributed by atoms with Crippen molar-refractivity contribution in [2.45, 2.75) is 20.4 Å². The lowest BCUT2D eigenvalue weighted by Crippen LogP contribution is -2.29. The number of hydrogen-bond acceptors (Lipinski definition) is 3. The predicted octanol–water partition coefficient (Wildman–Crippen LogP) is 5.16. The standard InChI is InChI=1S/C28H25FN2O3/c1-19-16-20(2)31(26(19)17-30-27(32)18-34-21-10-4-3-5-11-21)25-15-9-7-13-23(25)28(33)22-12-6-8-14-24(22)29/h3-16H,17-18H2,1-2H3,(H,30,32). The third-order valence-corrected chi connectivity index (χ3v) is 5.58. The Hall–Kier alpha value is -4.19. The molecule has 4 rings (SSSR count). The summed E-state index contributed by atoms with van der Waals surface area (Å²) < 4.78 is 21.8. The Bertz CT molecular complexity index is 1330. The molecule has 1 N–H and O–H groups in total. The van der Waals surface area contributed by atoms with Gasteiger partial charge in [-0.3, -0.25) is 9.59 Å². The number of nitrogens with zero attached hydrogens (tertiary/aromatic N) is 1. The molecule has 3 aromatic carbocycles. The van der Waals surface area contributed by atoms with Gasteiger partial charge in [0.2, 0.25) is 0 Å². The van der Waals surface area contributed by atoms with Gasteiger partial charge in [-0.15, -0.1) is 0 Å². The summed E-state index contributed by atoms with van der Waals surface area (Å²) in [5, 5.41) is 2.89. The van der Waals surface area contributed by atoms with Crippen LogP contribution in [0.15, 0.2) is 84.9 Å². The summed E-state index contributed by atoms with van der Waals surface area (Å²) >= 11 is 0. The van der Waals surface area contributed by atoms with Gasteiger partial charge in [-0.2, -0.15) is 0 Å². The molecule has 0 aliphatic heterocycles. The fourth-order valence-electron chi connectivity index (χ4n) is 3.95. The van der Waals surface area contributed by atoms with Gasteiger partial charge in [0.25, 0.3) is 5.91 Å². The molecule has 0 aliphatic carbocycles. The van der Waals surface area contributed by atoms with Gasteiger partial charge in [0.05, 0.1) is 17.8 Å². The summed E-state index contributed by atoms with van der Waals surface area (Å²) in [6.07, 6.45) is 0. The molecular weight excluding hydrogens is 431 g/mol. The number of aryl methyl sites for hydroxylation is 2. The van der Waals surface area contributed by atoms with Crippen LogP contribution in [0, 0.1) is 19.7 Å². The van der Waals surface area contributed by atoms with Crippen molar-refractivity contribution in [1.82, 2.24) is 9.88 Å². The minimum atomic E-state index is -0.561. The molecule has 0 unspecified atom stereocenters. The number of rotatable bonds is 8. The van der Waals surface area contributed by atoms with Crippen LogP contribution < -0.4 is 10.1 Å². The normalized spacial score (nSPS) is 10.7. The molecule has 5 nitrogen and oxygen atoms in total. The van der Waals surface area contributed by atoms with Crippen molar-refractivity contribution in [3.63, 3.8) is 0 Å². The van der Waals surface area contributed by atoms with Crippen LogP contribution in [-0.4, -0.2) is 22.9 Å². The van der Waals surface area contributed by atoms with Crippen molar-refractivity contribution < 1.29 is 18.7 Å². The molecule has 1 aromatic heterocycles. The van der Waals surface area contributed by atoms with Crippen LogP contribution in [0.1, 0.15) is 32.9 Å². The van der Waals surface area contributed by atoms with E-state index in [2.05, 4.69) is 5.32 Å². The van der Waals surface area contributed by atoms with Gasteiger partial charge >= 0.3 is 0 Å². The fourth-order valence-corrected chi connectivity index (χ4v) is 3.95. The molecule has 1 amide bonds. The maximum Gasteiger partial charge on any atom is 0.258 e. The number of ketones is 1. The Balaban J connectivity index is 1.59. The Kier molecular flexibility index (Phi) is 6.87. The second-order valence-electron chi connectivity index (χ2n) is 7.96. The van der Waals surface area contributed by atoms with E-state index < -0.39 is 11.6 Å². The molecule has 0 radical (unpaired) electrons. The summed E-state index contributed by atoms with van der Waals surface area (Å²) in [5.41, 5.74) is 3.73. The number of carbonyl (C=O) groups excluding carboxylic acids is 2. The largest absolute Gasteiger partial charge is 0.484 e. The van der Waals surface area contributed by atoms with Crippen molar-refractivity contribution in [2.24, 2.45) is 0 Å². The first-order valence-corrected chi connectivity index (χ1v) is 11.0. The minimum absolute atomic E-state index is 0.0180. The zero-order valence-corrected chi connectivity index (χ0v) is 19.0. The first-order chi connectivity index (χ1) is 16.5. The van der Waals surface area contributed by atoms with Crippen LogP contribution in [0.5, 0.6) is 5.75 Å². The zero-order chi connectivity index (χ0) is 24.1. The lowest BCUT2D eigenvalue weighted by Gasteiger charge is -2.17. The van der Waals surface area contributed by atoms with Gasteiger partial charge in [-0.25, -0.2) is 4.39 Å². The molecular formula is C28H25FN2O3. The molecule has 0 fully saturated rings. The number of amides is 1. The number of carbonyl (C=O) groups is 2. The van der Waals surface area contributed by atoms with Gasteiger partial charge in [-0.05, 0) is 61.9 Å². The van der Waals surface area contributed by atoms with E-state index in [9.17, 15) is 14.0 Å². The van der Waals surface area contributed by atoms with Crippen LogP contribution in [-0.2, 0) is 11.3 Å². The highest BCUT2D eigenvalue weighted by Crippen LogP contribution is 2.26. The second kappa shape index (κ2) is 10.2. The topological polar surface area (TPSA) is 60.3 Å². The minimum Gasteiger partial charge on any atom is -0.484 e. The van der Waals surface area contributed by atoms with E-state index >= 15 is 0 Å². The number of aromatic nitrogens is 1. The van der Waals surface area contributed by atoms with E-state index in [1.807, 2.05) is 54.8 Å². The van der Waals surface area contributed by atoms with E-state index in [0.717, 1.165) is 17.0 Å². The second-order valence-corrected chi connectivity index (χ2v) is 7.96. The lowest BCUT2D eigenvalue weighted by atomic mass is 10.0. The van der Waals surface area contributed by atoms with Crippen LogP contribution in [0.25, 0.3) is 5.69 Å². The van der Waals surface area contributed by atoms with E-state index in [0.29, 0.717) is 17.0 Å². The van der Waals surface area contributed by atoms with Crippen molar-refractivity contribution in [2.75, 3.05) is 6.61 Å². The highest BCUT2D eigenvalue weighted by molar-refractivity contribution is 6.11. The van der Waals surface area contributed by atoms with E-state index in [1.165, 1.54) is 12.1 Å². The summed E-state index contributed by atoms with van der Waals surface area (Å²) in [5.74, 6) is -0.600. The van der Waals surface area contributed by atoms with E-state index in [4.69, 9.17) is 4.74 Å². The molecule has 172 valence electrons. The quantitative estimate of drug-likeness (QED) is 0.373. The maximum absolute atomic E-state index is 14.3. The summed E-state index contributed by atoms with van der Waals surface area (Å²) in [4.78, 5) is 25.6. The van der Waals surface area contributed by atoms with Crippen LogP contribution >= 0.6 is 0 Å². The Morgan fingerprint density at radius 3 is 2.26 bits per heavy atom. The Morgan fingerprint density at radius 1 is 0.882 bits per heavy atom. The molecule has 1 heterocycles. The summed E-state index contributed by atoms with van der Waals surface area (Å²) in [6, 6.07) is 24.2. The van der Waals surface area contributed by atoms with E-state index in [1.54, 1.807) is 36.4 Å². The van der Waals surface area contributed by atoms with Crippen LogP contribution in [0.2, 0.25) is 0 Å². The maximum atomic E-state index is 14.3. The first-order valence-electron chi connectivity index (χ1n) is 11.0. The highest BCUT2D eigenvalue weighted by Gasteiger charge is 2.21. The van der Waals surface area contributed by atoms with Gasteiger partial charge in [0.1, 0.15) is 11.6 Å². The Labute approximate surface area is 197 Å². The first kappa shape index (κ1) is 23.0. The number of ether oxygens (including phenoxy) is 1. The zero-order valence-electron chi connectivity index (χ0n) is 19.0. The fraction of sp³-hybridized carbons (Fsp3) is 0.143. The molecule has 0 aliphatic rings. The van der Waals surface area contributed by atoms with E-state index in [-0.39, 0.29) is 24.6 Å². The third kappa shape index (κ3) is 4.91. The highest BCUT2D eigenvalue weighted by atomic mass is 19.1. The average Bonchev–Trinajstić information content (AvgIpc) is 3.14. The molecule has 0 spiro atoms. The molecule has 0 saturated heterocycles. The monoisotopic (exact) mass is 456 g/mol. The molecule has 0 atom stereocenters. The van der Waals surface area contributed by atoms with Gasteiger partial charge in [0.15, 0.2) is 12.4 Å². The van der Waals surface area contributed by atoms with Gasteiger partial charge in [-0.1, -0.05) is 42.5 Å². The molecule has 4 aromatic rings. The van der Waals surface area contributed by atoms with Crippen molar-refractivity contribution in [3.05, 3.63) is 119 Å². The number of halogens is 1. The predicted molar refractivity (Wildman–Crippen MR) is 129 cm³/mol. The van der Waals surface area contributed by atoms with Crippen LogP contribution in [0.3, 0.4) is 0 Å². The molecule has 6 heteroatoms. The summed E-state index contributed by atoms with van der Waals surface area (Å²) in [7, 11) is 0. The Morgan fingerprint density at radius 2 is 1.53 bits per heavy atom. The number of para-hydroxylation sites is 2. The molecule has 0 bridgehead atoms. The SMILES string of the molecule is Cc1cc(C)n(-c2ccccc2C(=O)c2ccccc2F)c1CNC(=O)COc1ccccc1. The number of benzene rings is 3. The summed E-state index contributed by atoms with van der Waals surface area (Å²) in [6.45, 7) is 4.03. The van der Waals surface area contributed by atoms with Crippen molar-refractivity contribution in [3.8, 4) is 11.4 Å². The van der Waals surface area contributed by atoms with Crippen molar-refractivity contribution in [1.29, 1.82) is 0 Å².